The first kappa shape index (κ1) is 13.1. The standard InChI is InChI=1S/C14H11ClN4S/c15-11-5-3-4-10(8-11)13-17-14(19-18-13)20-9-12-6-1-2-7-16-12/h1-8H,9H2,(H,17,18,19). The van der Waals surface area contributed by atoms with E-state index < -0.39 is 0 Å². The predicted molar refractivity (Wildman–Crippen MR) is 80.6 cm³/mol. The topological polar surface area (TPSA) is 54.5 Å². The van der Waals surface area contributed by atoms with E-state index in [0.717, 1.165) is 28.0 Å². The number of benzene rings is 1. The summed E-state index contributed by atoms with van der Waals surface area (Å²) in [6.45, 7) is 0. The van der Waals surface area contributed by atoms with Crippen LogP contribution in [0.5, 0.6) is 0 Å². The molecule has 0 aliphatic carbocycles. The Morgan fingerprint density at radius 1 is 1.10 bits per heavy atom. The van der Waals surface area contributed by atoms with E-state index in [1.165, 1.54) is 0 Å². The molecule has 3 aromatic rings. The second-order valence-corrected chi connectivity index (χ2v) is 5.50. The number of H-pyrrole nitrogens is 1. The van der Waals surface area contributed by atoms with Crippen LogP contribution in [0.4, 0.5) is 0 Å². The normalized spacial score (nSPS) is 10.7. The number of halogens is 1. The van der Waals surface area contributed by atoms with Gasteiger partial charge in [0.15, 0.2) is 11.0 Å². The van der Waals surface area contributed by atoms with Gasteiger partial charge >= 0.3 is 0 Å². The summed E-state index contributed by atoms with van der Waals surface area (Å²) in [5.41, 5.74) is 1.94. The van der Waals surface area contributed by atoms with Crippen molar-refractivity contribution in [2.45, 2.75) is 10.9 Å². The van der Waals surface area contributed by atoms with E-state index in [1.54, 1.807) is 18.0 Å². The molecule has 2 aromatic heterocycles. The first-order chi connectivity index (χ1) is 9.81. The van der Waals surface area contributed by atoms with Crippen LogP contribution in [0.2, 0.25) is 5.02 Å². The van der Waals surface area contributed by atoms with Gasteiger partial charge in [-0.2, -0.15) is 0 Å². The van der Waals surface area contributed by atoms with Gasteiger partial charge in [0.1, 0.15) is 0 Å². The highest BCUT2D eigenvalue weighted by Crippen LogP contribution is 2.23. The van der Waals surface area contributed by atoms with Gasteiger partial charge in [-0.05, 0) is 24.3 Å². The third-order valence-corrected chi connectivity index (χ3v) is 3.78. The van der Waals surface area contributed by atoms with Crippen LogP contribution in [0.25, 0.3) is 11.4 Å². The van der Waals surface area contributed by atoms with Gasteiger partial charge in [-0.3, -0.25) is 4.98 Å². The van der Waals surface area contributed by atoms with E-state index in [4.69, 9.17) is 11.6 Å². The fraction of sp³-hybridized carbons (Fsp3) is 0.0714. The number of thioether (sulfide) groups is 1. The third-order valence-electron chi connectivity index (χ3n) is 2.65. The van der Waals surface area contributed by atoms with Crippen molar-refractivity contribution < 1.29 is 0 Å². The molecule has 0 aliphatic rings. The summed E-state index contributed by atoms with van der Waals surface area (Å²) < 4.78 is 0. The molecule has 0 amide bonds. The fourth-order valence-corrected chi connectivity index (χ4v) is 2.62. The van der Waals surface area contributed by atoms with Crippen LogP contribution in [-0.4, -0.2) is 20.2 Å². The van der Waals surface area contributed by atoms with E-state index in [9.17, 15) is 0 Å². The highest BCUT2D eigenvalue weighted by molar-refractivity contribution is 7.98. The van der Waals surface area contributed by atoms with Gasteiger partial charge in [0.05, 0.1) is 5.69 Å². The molecule has 2 heterocycles. The average molecular weight is 303 g/mol. The van der Waals surface area contributed by atoms with Crippen LogP contribution in [0.1, 0.15) is 5.69 Å². The monoisotopic (exact) mass is 302 g/mol. The summed E-state index contributed by atoms with van der Waals surface area (Å²) in [7, 11) is 0. The highest BCUT2D eigenvalue weighted by atomic mass is 35.5. The number of hydrogen-bond donors (Lipinski definition) is 1. The number of rotatable bonds is 4. The minimum Gasteiger partial charge on any atom is -0.316 e. The van der Waals surface area contributed by atoms with Crippen molar-refractivity contribution >= 4 is 23.4 Å². The number of aromatic nitrogens is 4. The molecular formula is C14H11ClN4S. The molecule has 0 saturated heterocycles. The molecule has 4 nitrogen and oxygen atoms in total. The van der Waals surface area contributed by atoms with Crippen molar-refractivity contribution in [1.82, 2.24) is 20.2 Å². The van der Waals surface area contributed by atoms with Crippen LogP contribution in [0.15, 0.2) is 53.8 Å². The Labute approximate surface area is 125 Å². The zero-order valence-electron chi connectivity index (χ0n) is 10.5. The molecular weight excluding hydrogens is 292 g/mol. The average Bonchev–Trinajstić information content (AvgIpc) is 2.95. The zero-order valence-corrected chi connectivity index (χ0v) is 12.0. The van der Waals surface area contributed by atoms with E-state index in [1.807, 2.05) is 42.5 Å². The summed E-state index contributed by atoms with van der Waals surface area (Å²) in [6.07, 6.45) is 1.79. The lowest BCUT2D eigenvalue weighted by Crippen LogP contribution is -1.85. The third kappa shape index (κ3) is 3.18. The van der Waals surface area contributed by atoms with Crippen molar-refractivity contribution in [2.75, 3.05) is 0 Å². The quantitative estimate of drug-likeness (QED) is 0.745. The van der Waals surface area contributed by atoms with Gasteiger partial charge in [-0.15, -0.1) is 10.2 Å². The lowest BCUT2D eigenvalue weighted by Gasteiger charge is -1.97. The number of pyridine rings is 1. The predicted octanol–water partition coefficient (Wildman–Crippen LogP) is 3.81. The molecule has 20 heavy (non-hydrogen) atoms. The maximum Gasteiger partial charge on any atom is 0.189 e. The Morgan fingerprint density at radius 2 is 2.05 bits per heavy atom. The van der Waals surface area contributed by atoms with E-state index in [2.05, 4.69) is 20.2 Å². The van der Waals surface area contributed by atoms with Gasteiger partial charge in [-0.1, -0.05) is 41.6 Å². The van der Waals surface area contributed by atoms with E-state index >= 15 is 0 Å². The molecule has 0 bridgehead atoms. The molecule has 0 spiro atoms. The summed E-state index contributed by atoms with van der Waals surface area (Å²) in [4.78, 5) is 7.45. The second-order valence-electron chi connectivity index (χ2n) is 4.10. The molecule has 0 radical (unpaired) electrons. The van der Waals surface area contributed by atoms with Gasteiger partial charge in [-0.25, -0.2) is 0 Å². The first-order valence-corrected chi connectivity index (χ1v) is 7.39. The number of aromatic amines is 1. The molecule has 0 fully saturated rings. The molecule has 0 aliphatic heterocycles. The van der Waals surface area contributed by atoms with Crippen LogP contribution in [0, 0.1) is 0 Å². The van der Waals surface area contributed by atoms with Gasteiger partial charge in [0.25, 0.3) is 0 Å². The molecule has 100 valence electrons. The number of nitrogens with zero attached hydrogens (tertiary/aromatic N) is 3. The molecule has 1 N–H and O–H groups in total. The maximum atomic E-state index is 5.97. The van der Waals surface area contributed by atoms with Crippen molar-refractivity contribution in [1.29, 1.82) is 0 Å². The zero-order chi connectivity index (χ0) is 13.8. The van der Waals surface area contributed by atoms with Crippen LogP contribution in [-0.2, 0) is 5.75 Å². The van der Waals surface area contributed by atoms with Crippen molar-refractivity contribution in [3.8, 4) is 11.4 Å². The fourth-order valence-electron chi connectivity index (χ4n) is 1.70. The van der Waals surface area contributed by atoms with Crippen LogP contribution < -0.4 is 0 Å². The second kappa shape index (κ2) is 6.07. The smallest absolute Gasteiger partial charge is 0.189 e. The molecule has 1 aromatic carbocycles. The van der Waals surface area contributed by atoms with Crippen LogP contribution in [0.3, 0.4) is 0 Å². The molecule has 0 saturated carbocycles. The van der Waals surface area contributed by atoms with E-state index in [0.29, 0.717) is 5.02 Å². The molecule has 6 heteroatoms. The Kier molecular flexibility index (Phi) is 3.99. The van der Waals surface area contributed by atoms with E-state index in [-0.39, 0.29) is 0 Å². The van der Waals surface area contributed by atoms with Crippen molar-refractivity contribution in [3.63, 3.8) is 0 Å². The van der Waals surface area contributed by atoms with Gasteiger partial charge < -0.3 is 4.98 Å². The minimum absolute atomic E-state index is 0.682. The highest BCUT2D eigenvalue weighted by Gasteiger charge is 2.06. The Morgan fingerprint density at radius 3 is 2.85 bits per heavy atom. The van der Waals surface area contributed by atoms with Crippen molar-refractivity contribution in [3.05, 3.63) is 59.4 Å². The Bertz CT molecular complexity index is 699. The van der Waals surface area contributed by atoms with Crippen LogP contribution >= 0.6 is 23.4 Å². The molecule has 3 rings (SSSR count). The number of hydrogen-bond acceptors (Lipinski definition) is 4. The summed E-state index contributed by atoms with van der Waals surface area (Å²) in [6, 6.07) is 13.4. The SMILES string of the molecule is Clc1cccc(-c2nnc(SCc3ccccn3)[nH]2)c1. The maximum absolute atomic E-state index is 5.97. The Hall–Kier alpha value is -1.85. The lowest BCUT2D eigenvalue weighted by molar-refractivity contribution is 0.971. The summed E-state index contributed by atoms with van der Waals surface area (Å²) >= 11 is 7.54. The summed E-state index contributed by atoms with van der Waals surface area (Å²) in [5, 5.41) is 9.71. The number of nitrogens with one attached hydrogen (secondary N) is 1. The molecule has 0 atom stereocenters. The lowest BCUT2D eigenvalue weighted by atomic mass is 10.2. The Balaban J connectivity index is 1.71. The minimum atomic E-state index is 0.682. The van der Waals surface area contributed by atoms with Crippen molar-refractivity contribution in [2.24, 2.45) is 0 Å². The molecule has 0 unspecified atom stereocenters. The largest absolute Gasteiger partial charge is 0.316 e. The summed E-state index contributed by atoms with van der Waals surface area (Å²) in [5.74, 6) is 1.47. The van der Waals surface area contributed by atoms with Gasteiger partial charge in [0.2, 0.25) is 0 Å². The van der Waals surface area contributed by atoms with Gasteiger partial charge in [0, 0.05) is 22.5 Å². The first-order valence-electron chi connectivity index (χ1n) is 6.02.